The number of hydrogen-bond acceptors (Lipinski definition) is 9. The van der Waals surface area contributed by atoms with Crippen molar-refractivity contribution in [3.05, 3.63) is 70.0 Å². The number of aliphatic hydroxyl groups excluding tert-OH is 2. The van der Waals surface area contributed by atoms with Gasteiger partial charge in [-0.25, -0.2) is 0 Å². The highest BCUT2D eigenvalue weighted by atomic mass is 16.3. The number of rotatable bonds is 5. The first-order valence-corrected chi connectivity index (χ1v) is 14.3. The maximum absolute atomic E-state index is 14.0. The van der Waals surface area contributed by atoms with Gasteiger partial charge in [-0.05, 0) is 87.1 Å². The highest BCUT2D eigenvalue weighted by molar-refractivity contribution is 6.24. The first kappa shape index (κ1) is 28.1. The van der Waals surface area contributed by atoms with E-state index >= 15 is 0 Å². The van der Waals surface area contributed by atoms with Crippen LogP contribution in [0.3, 0.4) is 0 Å². The lowest BCUT2D eigenvalue weighted by Crippen LogP contribution is -2.65. The van der Waals surface area contributed by atoms with E-state index in [0.29, 0.717) is 5.56 Å². The number of likely N-dealkylation sites (N-methyl/N-ethyl adjacent to an activating group) is 1. The summed E-state index contributed by atoms with van der Waals surface area (Å²) in [5.41, 5.74) is 5.35. The Morgan fingerprint density at radius 2 is 1.71 bits per heavy atom. The molecule has 6 N–H and O–H groups in total. The van der Waals surface area contributed by atoms with Crippen molar-refractivity contribution in [3.63, 3.8) is 0 Å². The van der Waals surface area contributed by atoms with E-state index in [1.807, 2.05) is 12.1 Å². The second-order valence-electron chi connectivity index (χ2n) is 12.1. The summed E-state index contributed by atoms with van der Waals surface area (Å²) in [6.07, 6.45) is 2.72. The zero-order chi connectivity index (χ0) is 30.1. The molecule has 4 atom stereocenters. The molecule has 0 aromatic heterocycles. The zero-order valence-electron chi connectivity index (χ0n) is 23.6. The summed E-state index contributed by atoms with van der Waals surface area (Å²) in [5.74, 6) is -6.59. The minimum atomic E-state index is -2.65. The van der Waals surface area contributed by atoms with E-state index in [1.165, 1.54) is 29.4 Å². The molecule has 42 heavy (non-hydrogen) atoms. The van der Waals surface area contributed by atoms with Gasteiger partial charge in [-0.1, -0.05) is 30.3 Å². The van der Waals surface area contributed by atoms with Gasteiger partial charge in [-0.2, -0.15) is 0 Å². The number of carbonyl (C=O) groups excluding carboxylic acids is 3. The van der Waals surface area contributed by atoms with Gasteiger partial charge in [0.25, 0.3) is 5.91 Å². The molecular weight excluding hydrogens is 538 g/mol. The van der Waals surface area contributed by atoms with E-state index in [9.17, 15) is 34.8 Å². The number of phenolic OH excluding ortho intramolecular Hbond substituents is 1. The van der Waals surface area contributed by atoms with Gasteiger partial charge >= 0.3 is 0 Å². The Morgan fingerprint density at radius 3 is 2.33 bits per heavy atom. The summed E-state index contributed by atoms with van der Waals surface area (Å²) in [6.45, 7) is 3.06. The summed E-state index contributed by atoms with van der Waals surface area (Å²) >= 11 is 0. The number of likely N-dealkylation sites (tertiary alicyclic amines) is 1. The number of aromatic hydroxyl groups is 1. The molecule has 1 heterocycles. The van der Waals surface area contributed by atoms with Crippen LogP contribution in [0.25, 0.3) is 16.9 Å². The molecule has 10 heteroatoms. The van der Waals surface area contributed by atoms with Crippen LogP contribution in [-0.4, -0.2) is 86.5 Å². The monoisotopic (exact) mass is 573 g/mol. The fourth-order valence-electron chi connectivity index (χ4n) is 7.50. The lowest BCUT2D eigenvalue weighted by Gasteiger charge is -2.50. The number of benzene rings is 2. The first-order chi connectivity index (χ1) is 19.9. The van der Waals surface area contributed by atoms with Crippen LogP contribution in [0.4, 0.5) is 0 Å². The highest BCUT2D eigenvalue weighted by Gasteiger charge is 2.64. The third-order valence-corrected chi connectivity index (χ3v) is 9.47. The van der Waals surface area contributed by atoms with Crippen molar-refractivity contribution in [2.45, 2.75) is 43.9 Å². The number of Topliss-reactive ketones (excluding diaryl/α,β-unsaturated/α-hetero) is 2. The van der Waals surface area contributed by atoms with Crippen LogP contribution in [-0.2, 0) is 27.3 Å². The molecule has 10 nitrogen and oxygen atoms in total. The van der Waals surface area contributed by atoms with Gasteiger partial charge in [-0.3, -0.25) is 24.2 Å². The minimum Gasteiger partial charge on any atom is -0.508 e. The average molecular weight is 574 g/mol. The van der Waals surface area contributed by atoms with Crippen LogP contribution >= 0.6 is 0 Å². The van der Waals surface area contributed by atoms with Crippen molar-refractivity contribution >= 4 is 23.2 Å². The van der Waals surface area contributed by atoms with E-state index in [4.69, 9.17) is 5.73 Å². The molecule has 6 rings (SSSR count). The molecule has 1 saturated carbocycles. The number of amides is 1. The van der Waals surface area contributed by atoms with Crippen molar-refractivity contribution in [1.29, 1.82) is 0 Å². The molecule has 4 aliphatic rings. The Bertz CT molecular complexity index is 1570. The second kappa shape index (κ2) is 10.1. The smallest absolute Gasteiger partial charge is 0.255 e. The van der Waals surface area contributed by atoms with Gasteiger partial charge in [0.15, 0.2) is 11.4 Å². The molecule has 1 aliphatic heterocycles. The molecule has 220 valence electrons. The van der Waals surface area contributed by atoms with Crippen LogP contribution in [0.1, 0.15) is 36.0 Å². The molecule has 1 saturated heterocycles. The number of primary amides is 1. The third-order valence-electron chi connectivity index (χ3n) is 9.47. The number of hydrogen-bond donors (Lipinski definition) is 5. The molecule has 2 fully saturated rings. The van der Waals surface area contributed by atoms with Crippen LogP contribution in [0, 0.1) is 11.8 Å². The number of aliphatic hydroxyl groups is 3. The quantitative estimate of drug-likeness (QED) is 0.337. The van der Waals surface area contributed by atoms with Crippen LogP contribution in [0.5, 0.6) is 5.75 Å². The van der Waals surface area contributed by atoms with Crippen molar-refractivity contribution in [3.8, 4) is 16.9 Å². The molecule has 3 aliphatic carbocycles. The fraction of sp³-hybridized carbons (Fsp3) is 0.406. The van der Waals surface area contributed by atoms with Gasteiger partial charge in [0.1, 0.15) is 22.8 Å². The lowest BCUT2D eigenvalue weighted by atomic mass is 9.57. The molecule has 0 radical (unpaired) electrons. The predicted octanol–water partition coefficient (Wildman–Crippen LogP) is 2.23. The largest absolute Gasteiger partial charge is 0.508 e. The summed E-state index contributed by atoms with van der Waals surface area (Å²) in [7, 11) is 3.16. The Morgan fingerprint density at radius 1 is 1.05 bits per heavy atom. The molecule has 0 bridgehead atoms. The van der Waals surface area contributed by atoms with Gasteiger partial charge in [0.05, 0.1) is 11.6 Å². The molecule has 0 spiro atoms. The molecule has 0 unspecified atom stereocenters. The zero-order valence-corrected chi connectivity index (χ0v) is 23.6. The highest BCUT2D eigenvalue weighted by Crippen LogP contribution is 2.53. The standard InChI is InChI=1S/C32H35N3O7/c1-34(2)26-21-14-18-13-20-19(17-7-5-16(6-8-17)15-35-11-3-4-12-35)9-10-22(36)24(20)27(37)23(18)29(39)32(21,42)30(40)25(28(26)38)31(33)41/h5-10,18,21,26,36-37,40,42H,3-4,11-15H2,1-2H3,(H2,33,41)/t18-,21-,26-,32-/m0/s1. The second-order valence-corrected chi connectivity index (χ2v) is 12.1. The Labute approximate surface area is 243 Å². The number of nitrogens with two attached hydrogens (primary N) is 1. The Hall–Kier alpha value is -3.99. The number of ketones is 2. The minimum absolute atomic E-state index is 0.0512. The number of fused-ring (bicyclic) bond motifs is 3. The van der Waals surface area contributed by atoms with Crippen molar-refractivity contribution in [1.82, 2.24) is 9.80 Å². The third kappa shape index (κ3) is 4.08. The summed E-state index contributed by atoms with van der Waals surface area (Å²) in [4.78, 5) is 43.3. The topological polar surface area (TPSA) is 165 Å². The van der Waals surface area contributed by atoms with Crippen molar-refractivity contribution in [2.75, 3.05) is 27.2 Å². The number of phenols is 1. The summed E-state index contributed by atoms with van der Waals surface area (Å²) < 4.78 is 0. The lowest BCUT2D eigenvalue weighted by molar-refractivity contribution is -0.153. The number of carbonyl (C=O) groups is 3. The fourth-order valence-corrected chi connectivity index (χ4v) is 7.50. The molecule has 2 aromatic carbocycles. The van der Waals surface area contributed by atoms with Gasteiger partial charge in [0.2, 0.25) is 5.78 Å². The van der Waals surface area contributed by atoms with E-state index < -0.39 is 58.0 Å². The summed E-state index contributed by atoms with van der Waals surface area (Å²) in [6, 6.07) is 10.3. The number of nitrogens with zero attached hydrogens (tertiary/aromatic N) is 2. The molecule has 2 aromatic rings. The SMILES string of the molecule is CN(C)[C@@H]1C(=O)C(C(N)=O)=C(O)[C@@]2(O)C(=O)C3=C(O)c4c(O)ccc(-c5ccc(CN6CCCC6)cc5)c4C[C@H]3C[C@@H]12. The van der Waals surface area contributed by atoms with Crippen molar-refractivity contribution < 1.29 is 34.8 Å². The van der Waals surface area contributed by atoms with Crippen LogP contribution < -0.4 is 5.73 Å². The van der Waals surface area contributed by atoms with E-state index in [1.54, 1.807) is 20.2 Å². The normalized spacial score (nSPS) is 27.8. The van der Waals surface area contributed by atoms with E-state index in [-0.39, 0.29) is 29.7 Å². The predicted molar refractivity (Wildman–Crippen MR) is 154 cm³/mol. The van der Waals surface area contributed by atoms with Gasteiger partial charge in [0, 0.05) is 18.0 Å². The first-order valence-electron chi connectivity index (χ1n) is 14.3. The van der Waals surface area contributed by atoms with Crippen LogP contribution in [0.2, 0.25) is 0 Å². The van der Waals surface area contributed by atoms with E-state index in [2.05, 4.69) is 17.0 Å². The maximum atomic E-state index is 14.0. The van der Waals surface area contributed by atoms with E-state index in [0.717, 1.165) is 30.8 Å². The van der Waals surface area contributed by atoms with Crippen LogP contribution in [0.15, 0.2) is 53.3 Å². The molecular formula is C32H35N3O7. The maximum Gasteiger partial charge on any atom is 0.255 e. The van der Waals surface area contributed by atoms with Gasteiger partial charge < -0.3 is 26.2 Å². The Kier molecular flexibility index (Phi) is 6.75. The van der Waals surface area contributed by atoms with Crippen molar-refractivity contribution in [2.24, 2.45) is 17.6 Å². The van der Waals surface area contributed by atoms with Gasteiger partial charge in [-0.15, -0.1) is 0 Å². The summed E-state index contributed by atoms with van der Waals surface area (Å²) in [5, 5.41) is 45.1. The molecule has 1 amide bonds. The Balaban J connectivity index is 1.45. The average Bonchev–Trinajstić information content (AvgIpc) is 3.44.